The first-order chi connectivity index (χ1) is 17.6. The topological polar surface area (TPSA) is 64.6 Å². The van der Waals surface area contributed by atoms with Crippen molar-refractivity contribution in [1.82, 2.24) is 15.5 Å². The van der Waals surface area contributed by atoms with E-state index in [1.807, 2.05) is 19.9 Å². The van der Waals surface area contributed by atoms with E-state index in [1.165, 1.54) is 6.07 Å². The van der Waals surface area contributed by atoms with Crippen LogP contribution in [-0.2, 0) is 0 Å². The summed E-state index contributed by atoms with van der Waals surface area (Å²) in [7, 11) is 4.19. The summed E-state index contributed by atoms with van der Waals surface area (Å²) in [6, 6.07) is 11.9. The number of unbranched alkanes of at least 4 members (excludes halogenated alkanes) is 1. The Hall–Kier alpha value is -2.28. The summed E-state index contributed by atoms with van der Waals surface area (Å²) in [6.07, 6.45) is 5.28. The highest BCUT2D eigenvalue weighted by molar-refractivity contribution is 6.04. The molecule has 2 aromatic carbocycles. The lowest BCUT2D eigenvalue weighted by molar-refractivity contribution is 0.0842. The van der Waals surface area contributed by atoms with E-state index in [-0.39, 0.29) is 34.7 Å². The molecular weight excluding hydrogens is 465 g/mol. The Morgan fingerprint density at radius 1 is 1.16 bits per heavy atom. The molecule has 4 rings (SSSR count). The van der Waals surface area contributed by atoms with Crippen LogP contribution < -0.4 is 10.6 Å². The molecule has 5 atom stereocenters. The number of carbonyl (C=O) groups is 1. The molecule has 0 amide bonds. The van der Waals surface area contributed by atoms with Crippen LogP contribution in [0.25, 0.3) is 0 Å². The third kappa shape index (κ3) is 5.47. The number of hydrogen-bond donors (Lipinski definition) is 3. The highest BCUT2D eigenvalue weighted by atomic mass is 19.1. The van der Waals surface area contributed by atoms with Crippen LogP contribution >= 0.6 is 0 Å². The van der Waals surface area contributed by atoms with E-state index in [0.29, 0.717) is 17.0 Å². The van der Waals surface area contributed by atoms with Crippen LogP contribution in [-0.4, -0.2) is 60.6 Å². The zero-order chi connectivity index (χ0) is 26.8. The van der Waals surface area contributed by atoms with Gasteiger partial charge < -0.3 is 15.3 Å². The number of carbonyl (C=O) groups excluding carboxylic acids is 1. The van der Waals surface area contributed by atoms with Gasteiger partial charge in [0.2, 0.25) is 0 Å². The van der Waals surface area contributed by atoms with Gasteiger partial charge in [-0.25, -0.2) is 4.39 Å². The van der Waals surface area contributed by atoms with Gasteiger partial charge in [-0.05, 0) is 121 Å². The maximum absolute atomic E-state index is 15.0. The molecule has 2 aliphatic heterocycles. The number of nitrogens with zero attached hydrogens (tertiary/aromatic N) is 1. The third-order valence-corrected chi connectivity index (χ3v) is 9.06. The predicted octanol–water partition coefficient (Wildman–Crippen LogP) is 5.27. The molecule has 0 aliphatic carbocycles. The van der Waals surface area contributed by atoms with Gasteiger partial charge in [-0.15, -0.1) is 0 Å². The Morgan fingerprint density at radius 2 is 1.92 bits per heavy atom. The number of aromatic hydroxyl groups is 1. The molecule has 202 valence electrons. The SMILES string of the molecule is Cc1c(F)cccc1[C@H]1[C@H](CCCCN(C)C)C(C)(C2CCCNC2)N[C@@]1(C)C(=O)c1cccc(O)c1. The van der Waals surface area contributed by atoms with Gasteiger partial charge in [0.25, 0.3) is 0 Å². The lowest BCUT2D eigenvalue weighted by Gasteiger charge is -2.43. The van der Waals surface area contributed by atoms with Crippen LogP contribution in [0.4, 0.5) is 4.39 Å². The van der Waals surface area contributed by atoms with Gasteiger partial charge >= 0.3 is 0 Å². The smallest absolute Gasteiger partial charge is 0.183 e. The van der Waals surface area contributed by atoms with Gasteiger partial charge in [0, 0.05) is 17.0 Å². The second kappa shape index (κ2) is 11.2. The maximum atomic E-state index is 15.0. The molecule has 2 heterocycles. The van der Waals surface area contributed by atoms with Crippen LogP contribution in [0.5, 0.6) is 5.75 Å². The van der Waals surface area contributed by atoms with Gasteiger partial charge in [0.05, 0.1) is 5.54 Å². The third-order valence-electron chi connectivity index (χ3n) is 9.06. The summed E-state index contributed by atoms with van der Waals surface area (Å²) < 4.78 is 15.0. The summed E-state index contributed by atoms with van der Waals surface area (Å²) in [4.78, 5) is 16.6. The minimum atomic E-state index is -0.954. The lowest BCUT2D eigenvalue weighted by Crippen LogP contribution is -2.59. The Morgan fingerprint density at radius 3 is 2.59 bits per heavy atom. The maximum Gasteiger partial charge on any atom is 0.183 e. The number of benzene rings is 2. The van der Waals surface area contributed by atoms with E-state index in [9.17, 15) is 14.3 Å². The van der Waals surface area contributed by atoms with Gasteiger partial charge in [0.15, 0.2) is 5.78 Å². The van der Waals surface area contributed by atoms with Crippen LogP contribution in [0.2, 0.25) is 0 Å². The Bertz CT molecular complexity index is 1100. The van der Waals surface area contributed by atoms with Gasteiger partial charge in [-0.3, -0.25) is 10.1 Å². The second-order valence-electron chi connectivity index (χ2n) is 11.9. The molecule has 37 heavy (non-hydrogen) atoms. The van der Waals surface area contributed by atoms with E-state index in [2.05, 4.69) is 36.6 Å². The van der Waals surface area contributed by atoms with Crippen LogP contribution in [0.15, 0.2) is 42.5 Å². The molecule has 0 radical (unpaired) electrons. The number of rotatable bonds is 9. The van der Waals surface area contributed by atoms with Crippen molar-refractivity contribution in [3.05, 3.63) is 65.0 Å². The normalized spacial score (nSPS) is 30.1. The number of halogens is 1. The minimum Gasteiger partial charge on any atom is -0.508 e. The molecule has 2 aromatic rings. The first-order valence-corrected chi connectivity index (χ1v) is 13.8. The fourth-order valence-corrected chi connectivity index (χ4v) is 7.14. The largest absolute Gasteiger partial charge is 0.508 e. The standard InChI is InChI=1S/C31H44FN3O2/c1-21-25(14-9-16-27(21)32)28-26(15-6-7-18-35(4)5)30(2,23-12-10-17-33-20-23)34-31(28,3)29(37)22-11-8-13-24(36)19-22/h8-9,11,13-14,16,19,23,26,28,33-34,36H,6-7,10,12,15,17-18,20H2,1-5H3/t23?,26-,28-,30?,31+/m0/s1. The predicted molar refractivity (Wildman–Crippen MR) is 148 cm³/mol. The number of phenolic OH excluding ortho intramolecular Hbond substituents is 1. The number of nitrogens with one attached hydrogen (secondary N) is 2. The Labute approximate surface area is 221 Å². The molecule has 0 saturated carbocycles. The number of Topliss-reactive ketones (excluding diaryl/α,β-unsaturated/α-hetero) is 1. The van der Waals surface area contributed by atoms with Gasteiger partial charge in [-0.1, -0.05) is 30.7 Å². The number of piperidine rings is 1. The van der Waals surface area contributed by atoms with Crippen molar-refractivity contribution in [3.8, 4) is 5.75 Å². The fraction of sp³-hybridized carbons (Fsp3) is 0.581. The van der Waals surface area contributed by atoms with Crippen molar-refractivity contribution >= 4 is 5.78 Å². The summed E-state index contributed by atoms with van der Waals surface area (Å²) in [5.74, 6) is 0.0862. The highest BCUT2D eigenvalue weighted by Gasteiger charge is 2.62. The molecule has 0 bridgehead atoms. The van der Waals surface area contributed by atoms with E-state index < -0.39 is 5.54 Å². The average Bonchev–Trinajstić information content (AvgIpc) is 3.11. The van der Waals surface area contributed by atoms with Crippen LogP contribution in [0, 0.1) is 24.6 Å². The summed E-state index contributed by atoms with van der Waals surface area (Å²) in [6.45, 7) is 9.08. The first-order valence-electron chi connectivity index (χ1n) is 13.8. The average molecular weight is 510 g/mol. The van der Waals surface area contributed by atoms with Crippen molar-refractivity contribution in [3.63, 3.8) is 0 Å². The van der Waals surface area contributed by atoms with Crippen molar-refractivity contribution in [2.75, 3.05) is 33.7 Å². The molecular formula is C31H44FN3O2. The lowest BCUT2D eigenvalue weighted by atomic mass is 9.64. The van der Waals surface area contributed by atoms with E-state index >= 15 is 0 Å². The van der Waals surface area contributed by atoms with Crippen molar-refractivity contribution in [2.45, 2.75) is 69.9 Å². The van der Waals surface area contributed by atoms with Crippen molar-refractivity contribution in [1.29, 1.82) is 0 Å². The van der Waals surface area contributed by atoms with E-state index in [0.717, 1.165) is 57.3 Å². The number of phenols is 1. The second-order valence-corrected chi connectivity index (χ2v) is 11.9. The molecule has 2 unspecified atom stereocenters. The molecule has 0 aromatic heterocycles. The van der Waals surface area contributed by atoms with Crippen LogP contribution in [0.3, 0.4) is 0 Å². The van der Waals surface area contributed by atoms with Crippen LogP contribution in [0.1, 0.15) is 73.4 Å². The van der Waals surface area contributed by atoms with E-state index in [4.69, 9.17) is 0 Å². The quantitative estimate of drug-likeness (QED) is 0.317. The van der Waals surface area contributed by atoms with Crippen molar-refractivity contribution < 1.29 is 14.3 Å². The first kappa shape index (κ1) is 27.7. The molecule has 2 aliphatic rings. The zero-order valence-corrected chi connectivity index (χ0v) is 23.1. The minimum absolute atomic E-state index is 0.0529. The Balaban J connectivity index is 1.84. The molecule has 2 fully saturated rings. The number of hydrogen-bond acceptors (Lipinski definition) is 5. The van der Waals surface area contributed by atoms with Crippen molar-refractivity contribution in [2.24, 2.45) is 11.8 Å². The summed E-state index contributed by atoms with van der Waals surface area (Å²) in [5, 5.41) is 17.7. The summed E-state index contributed by atoms with van der Waals surface area (Å²) in [5.41, 5.74) is 0.745. The van der Waals surface area contributed by atoms with Gasteiger partial charge in [0.1, 0.15) is 11.6 Å². The molecule has 2 saturated heterocycles. The summed E-state index contributed by atoms with van der Waals surface area (Å²) >= 11 is 0. The molecule has 3 N–H and O–H groups in total. The van der Waals surface area contributed by atoms with Gasteiger partial charge in [-0.2, -0.15) is 0 Å². The zero-order valence-electron chi connectivity index (χ0n) is 23.1. The Kier molecular flexibility index (Phi) is 8.41. The molecule has 6 heteroatoms. The molecule has 0 spiro atoms. The highest BCUT2D eigenvalue weighted by Crippen LogP contribution is 2.55. The molecule has 5 nitrogen and oxygen atoms in total. The monoisotopic (exact) mass is 509 g/mol. The fourth-order valence-electron chi connectivity index (χ4n) is 7.14. The number of ketones is 1. The van der Waals surface area contributed by atoms with E-state index in [1.54, 1.807) is 30.3 Å².